The molecule has 19 heavy (non-hydrogen) atoms. The summed E-state index contributed by atoms with van der Waals surface area (Å²) in [4.78, 5) is 0. The molecule has 2 aromatic rings. The van der Waals surface area contributed by atoms with Gasteiger partial charge in [0.25, 0.3) is 0 Å². The molecular weight excluding hydrogens is 262 g/mol. The van der Waals surface area contributed by atoms with Crippen molar-refractivity contribution in [1.82, 2.24) is 19.6 Å². The highest BCUT2D eigenvalue weighted by Crippen LogP contribution is 2.27. The predicted molar refractivity (Wildman–Crippen MR) is 76.2 cm³/mol. The third-order valence-electron chi connectivity index (χ3n) is 3.11. The van der Waals surface area contributed by atoms with Crippen LogP contribution in [0.5, 0.6) is 0 Å². The second-order valence-corrected chi connectivity index (χ2v) is 5.01. The van der Waals surface area contributed by atoms with Gasteiger partial charge in [0.2, 0.25) is 0 Å². The molecule has 2 aromatic heterocycles. The molecule has 0 radical (unpaired) electrons. The van der Waals surface area contributed by atoms with Crippen LogP contribution in [0.1, 0.15) is 43.4 Å². The molecule has 0 amide bonds. The summed E-state index contributed by atoms with van der Waals surface area (Å²) in [5.74, 6) is 0. The van der Waals surface area contributed by atoms with E-state index in [1.54, 1.807) is 6.20 Å². The van der Waals surface area contributed by atoms with Gasteiger partial charge >= 0.3 is 0 Å². The molecule has 1 atom stereocenters. The van der Waals surface area contributed by atoms with Crippen LogP contribution in [-0.2, 0) is 13.1 Å². The smallest absolute Gasteiger partial charge is 0.0909 e. The number of aromatic nitrogens is 4. The first-order valence-electron chi connectivity index (χ1n) is 6.59. The first-order valence-corrected chi connectivity index (χ1v) is 6.97. The zero-order valence-corrected chi connectivity index (χ0v) is 12.4. The summed E-state index contributed by atoms with van der Waals surface area (Å²) >= 11 is 6.23. The highest BCUT2D eigenvalue weighted by atomic mass is 35.5. The number of nitrogens with two attached hydrogens (primary N) is 1. The predicted octanol–water partition coefficient (Wildman–Crippen LogP) is 2.52. The zero-order valence-electron chi connectivity index (χ0n) is 11.6. The molecule has 0 aliphatic carbocycles. The van der Waals surface area contributed by atoms with Crippen LogP contribution < -0.4 is 5.73 Å². The largest absolute Gasteiger partial charge is 0.318 e. The number of nitrogens with zero attached hydrogens (tertiary/aromatic N) is 4. The molecule has 104 valence electrons. The van der Waals surface area contributed by atoms with Crippen molar-refractivity contribution in [1.29, 1.82) is 0 Å². The van der Waals surface area contributed by atoms with Crippen molar-refractivity contribution in [2.24, 2.45) is 5.73 Å². The Morgan fingerprint density at radius 3 is 2.74 bits per heavy atom. The van der Waals surface area contributed by atoms with Gasteiger partial charge in [-0.3, -0.25) is 9.36 Å². The quantitative estimate of drug-likeness (QED) is 0.916. The lowest BCUT2D eigenvalue weighted by atomic mass is 10.1. The van der Waals surface area contributed by atoms with Crippen molar-refractivity contribution in [3.05, 3.63) is 34.4 Å². The molecule has 0 aliphatic rings. The van der Waals surface area contributed by atoms with Crippen LogP contribution in [0, 0.1) is 6.92 Å². The van der Waals surface area contributed by atoms with E-state index in [-0.39, 0.29) is 6.04 Å². The highest BCUT2D eigenvalue weighted by molar-refractivity contribution is 6.31. The Kier molecular flexibility index (Phi) is 4.27. The molecule has 0 fully saturated rings. The molecule has 2 N–H and O–H groups in total. The number of aryl methyl sites for hydroxylation is 3. The molecule has 2 rings (SSSR count). The van der Waals surface area contributed by atoms with E-state index in [0.717, 1.165) is 36.6 Å². The van der Waals surface area contributed by atoms with E-state index in [1.165, 1.54) is 0 Å². The Morgan fingerprint density at radius 2 is 2.11 bits per heavy atom. The molecule has 0 spiro atoms. The fraction of sp³-hybridized carbons (Fsp3) is 0.538. The standard InChI is InChI=1S/C13H20ClN5/c1-4-6-19-13(10(14)8-16-19)12(15)11-7-9(3)17-18(11)5-2/h7-8,12H,4-6,15H2,1-3H3. The maximum absolute atomic E-state index is 6.38. The lowest BCUT2D eigenvalue weighted by molar-refractivity contribution is 0.536. The minimum absolute atomic E-state index is 0.303. The maximum atomic E-state index is 6.38. The van der Waals surface area contributed by atoms with Crippen LogP contribution >= 0.6 is 11.6 Å². The SMILES string of the molecule is CCCn1ncc(Cl)c1C(N)c1cc(C)nn1CC. The number of rotatable bonds is 5. The fourth-order valence-electron chi connectivity index (χ4n) is 2.28. The molecule has 2 heterocycles. The van der Waals surface area contributed by atoms with Gasteiger partial charge in [0, 0.05) is 13.1 Å². The van der Waals surface area contributed by atoms with E-state index in [9.17, 15) is 0 Å². The summed E-state index contributed by atoms with van der Waals surface area (Å²) in [6.07, 6.45) is 2.65. The molecule has 0 saturated heterocycles. The van der Waals surface area contributed by atoms with Gasteiger partial charge in [-0.05, 0) is 26.3 Å². The summed E-state index contributed by atoms with van der Waals surface area (Å²) in [6, 6.07) is 1.70. The van der Waals surface area contributed by atoms with Crippen molar-refractivity contribution >= 4 is 11.6 Å². The molecule has 0 bridgehead atoms. The van der Waals surface area contributed by atoms with Gasteiger partial charge in [0.15, 0.2) is 0 Å². The number of hydrogen-bond acceptors (Lipinski definition) is 3. The Labute approximate surface area is 118 Å². The molecule has 0 saturated carbocycles. The Bertz CT molecular complexity index is 557. The first kappa shape index (κ1) is 14.1. The number of hydrogen-bond donors (Lipinski definition) is 1. The van der Waals surface area contributed by atoms with E-state index < -0.39 is 0 Å². The van der Waals surface area contributed by atoms with Gasteiger partial charge in [0.1, 0.15) is 0 Å². The maximum Gasteiger partial charge on any atom is 0.0909 e. The van der Waals surface area contributed by atoms with Gasteiger partial charge < -0.3 is 5.73 Å². The van der Waals surface area contributed by atoms with Crippen LogP contribution in [0.4, 0.5) is 0 Å². The summed E-state index contributed by atoms with van der Waals surface area (Å²) in [7, 11) is 0. The Morgan fingerprint density at radius 1 is 1.37 bits per heavy atom. The van der Waals surface area contributed by atoms with Gasteiger partial charge in [0.05, 0.1) is 34.3 Å². The van der Waals surface area contributed by atoms with Crippen molar-refractivity contribution in [3.8, 4) is 0 Å². The molecule has 0 aliphatic heterocycles. The normalized spacial score (nSPS) is 12.9. The topological polar surface area (TPSA) is 61.7 Å². The summed E-state index contributed by atoms with van der Waals surface area (Å²) in [5.41, 5.74) is 9.17. The van der Waals surface area contributed by atoms with Crippen molar-refractivity contribution < 1.29 is 0 Å². The van der Waals surface area contributed by atoms with E-state index >= 15 is 0 Å². The van der Waals surface area contributed by atoms with E-state index in [1.807, 2.05) is 29.3 Å². The average molecular weight is 282 g/mol. The van der Waals surface area contributed by atoms with Crippen LogP contribution in [0.15, 0.2) is 12.3 Å². The molecule has 5 nitrogen and oxygen atoms in total. The Hall–Kier alpha value is -1.33. The summed E-state index contributed by atoms with van der Waals surface area (Å²) < 4.78 is 3.80. The molecule has 0 aromatic carbocycles. The third kappa shape index (κ3) is 2.67. The van der Waals surface area contributed by atoms with Gasteiger partial charge in [-0.25, -0.2) is 0 Å². The van der Waals surface area contributed by atoms with E-state index in [0.29, 0.717) is 5.02 Å². The van der Waals surface area contributed by atoms with E-state index in [2.05, 4.69) is 17.1 Å². The van der Waals surface area contributed by atoms with Crippen LogP contribution in [-0.4, -0.2) is 19.6 Å². The van der Waals surface area contributed by atoms with Crippen LogP contribution in [0.3, 0.4) is 0 Å². The summed E-state index contributed by atoms with van der Waals surface area (Å²) in [6.45, 7) is 7.72. The third-order valence-corrected chi connectivity index (χ3v) is 3.41. The number of halogens is 1. The van der Waals surface area contributed by atoms with Crippen molar-refractivity contribution in [3.63, 3.8) is 0 Å². The van der Waals surface area contributed by atoms with Gasteiger partial charge in [-0.15, -0.1) is 0 Å². The second-order valence-electron chi connectivity index (χ2n) is 4.60. The minimum Gasteiger partial charge on any atom is -0.318 e. The first-order chi connectivity index (χ1) is 9.08. The highest BCUT2D eigenvalue weighted by Gasteiger charge is 2.21. The fourth-order valence-corrected chi connectivity index (χ4v) is 2.54. The molecular formula is C13H20ClN5. The van der Waals surface area contributed by atoms with Gasteiger partial charge in [-0.2, -0.15) is 10.2 Å². The second kappa shape index (κ2) is 5.75. The van der Waals surface area contributed by atoms with Crippen LogP contribution in [0.2, 0.25) is 5.02 Å². The monoisotopic (exact) mass is 281 g/mol. The Balaban J connectivity index is 2.43. The molecule has 6 heteroatoms. The van der Waals surface area contributed by atoms with Crippen LogP contribution in [0.25, 0.3) is 0 Å². The lowest BCUT2D eigenvalue weighted by Crippen LogP contribution is -2.21. The molecule has 1 unspecified atom stereocenters. The lowest BCUT2D eigenvalue weighted by Gasteiger charge is -2.16. The van der Waals surface area contributed by atoms with E-state index in [4.69, 9.17) is 17.3 Å². The summed E-state index contributed by atoms with van der Waals surface area (Å²) in [5, 5.41) is 9.33. The minimum atomic E-state index is -0.303. The van der Waals surface area contributed by atoms with Crippen molar-refractivity contribution in [2.75, 3.05) is 0 Å². The van der Waals surface area contributed by atoms with Crippen molar-refractivity contribution in [2.45, 2.75) is 46.3 Å². The van der Waals surface area contributed by atoms with Gasteiger partial charge in [-0.1, -0.05) is 18.5 Å². The average Bonchev–Trinajstić information content (AvgIpc) is 2.93. The zero-order chi connectivity index (χ0) is 14.0.